The van der Waals surface area contributed by atoms with E-state index in [0.29, 0.717) is 11.3 Å². The van der Waals surface area contributed by atoms with Crippen molar-refractivity contribution in [1.29, 1.82) is 0 Å². The molecule has 4 nitrogen and oxygen atoms in total. The van der Waals surface area contributed by atoms with Crippen LogP contribution in [0.2, 0.25) is 0 Å². The second-order valence-corrected chi connectivity index (χ2v) is 5.49. The van der Waals surface area contributed by atoms with E-state index in [1.54, 1.807) is 24.3 Å². The van der Waals surface area contributed by atoms with Crippen molar-refractivity contribution >= 4 is 28.0 Å². The van der Waals surface area contributed by atoms with Gasteiger partial charge in [-0.3, -0.25) is 9.59 Å². The van der Waals surface area contributed by atoms with Gasteiger partial charge in [0, 0.05) is 5.56 Å². The van der Waals surface area contributed by atoms with Crippen LogP contribution >= 0.6 is 0 Å². The Balaban J connectivity index is 1.88. The van der Waals surface area contributed by atoms with Gasteiger partial charge in [0.05, 0.1) is 5.69 Å². The Morgan fingerprint density at radius 1 is 0.833 bits per heavy atom. The lowest BCUT2D eigenvalue weighted by molar-refractivity contribution is -0.117. The number of fused-ring (bicyclic) bond motifs is 1. The topological polar surface area (TPSA) is 58.9 Å². The minimum Gasteiger partial charge on any atom is -0.297 e. The van der Waals surface area contributed by atoms with Crippen LogP contribution in [-0.4, -0.2) is 17.6 Å². The van der Waals surface area contributed by atoms with Crippen molar-refractivity contribution in [3.8, 4) is 0 Å². The number of Topliss-reactive ketones (excluding diaryl/α,β-unsaturated/α-hetero) is 2. The molecule has 3 aromatic rings. The van der Waals surface area contributed by atoms with Crippen molar-refractivity contribution in [3.05, 3.63) is 78.4 Å². The Hall–Kier alpha value is -3.14. The van der Waals surface area contributed by atoms with Crippen molar-refractivity contribution < 1.29 is 9.59 Å². The number of benzene rings is 3. The van der Waals surface area contributed by atoms with Crippen LogP contribution in [0.1, 0.15) is 17.3 Å². The van der Waals surface area contributed by atoms with E-state index in [1.165, 1.54) is 6.92 Å². The third-order valence-corrected chi connectivity index (χ3v) is 3.71. The van der Waals surface area contributed by atoms with Crippen LogP contribution in [0.25, 0.3) is 10.8 Å². The molecule has 4 heteroatoms. The first-order chi connectivity index (χ1) is 11.6. The van der Waals surface area contributed by atoms with Crippen LogP contribution in [-0.2, 0) is 4.79 Å². The molecular formula is C20H16N2O2. The third kappa shape index (κ3) is 3.43. The van der Waals surface area contributed by atoms with Gasteiger partial charge < -0.3 is 0 Å². The minimum atomic E-state index is -1.11. The van der Waals surface area contributed by atoms with Gasteiger partial charge in [-0.2, -0.15) is 10.2 Å². The summed E-state index contributed by atoms with van der Waals surface area (Å²) in [6, 6.07) is 21.1. The number of hydrogen-bond donors (Lipinski definition) is 0. The van der Waals surface area contributed by atoms with E-state index < -0.39 is 6.04 Å². The fourth-order valence-corrected chi connectivity index (χ4v) is 2.44. The molecule has 0 heterocycles. The highest BCUT2D eigenvalue weighted by Crippen LogP contribution is 2.22. The fraction of sp³-hybridized carbons (Fsp3) is 0.100. The SMILES string of the molecule is CC(=O)C(N=Nc1ccc2ccccc2c1)C(=O)c1ccccc1. The summed E-state index contributed by atoms with van der Waals surface area (Å²) >= 11 is 0. The maximum absolute atomic E-state index is 12.4. The maximum Gasteiger partial charge on any atom is 0.196 e. The van der Waals surface area contributed by atoms with Crippen molar-refractivity contribution in [2.75, 3.05) is 0 Å². The van der Waals surface area contributed by atoms with E-state index in [0.717, 1.165) is 10.8 Å². The molecule has 0 radical (unpaired) electrons. The first kappa shape index (κ1) is 15.7. The first-order valence-corrected chi connectivity index (χ1v) is 7.64. The highest BCUT2D eigenvalue weighted by atomic mass is 16.2. The molecule has 118 valence electrons. The van der Waals surface area contributed by atoms with Gasteiger partial charge in [0.15, 0.2) is 17.6 Å². The minimum absolute atomic E-state index is 0.326. The smallest absolute Gasteiger partial charge is 0.196 e. The Kier molecular flexibility index (Phi) is 4.57. The molecule has 0 saturated heterocycles. The van der Waals surface area contributed by atoms with Gasteiger partial charge in [-0.05, 0) is 29.8 Å². The number of nitrogens with zero attached hydrogens (tertiary/aromatic N) is 2. The summed E-state index contributed by atoms with van der Waals surface area (Å²) in [5.74, 6) is -0.666. The van der Waals surface area contributed by atoms with Crippen LogP contribution in [0, 0.1) is 0 Å². The molecule has 0 saturated carbocycles. The van der Waals surface area contributed by atoms with Gasteiger partial charge in [0.25, 0.3) is 0 Å². The molecule has 3 aromatic carbocycles. The van der Waals surface area contributed by atoms with Crippen molar-refractivity contribution in [2.24, 2.45) is 10.2 Å². The lowest BCUT2D eigenvalue weighted by Gasteiger charge is -2.06. The molecule has 0 N–H and O–H groups in total. The molecule has 0 fully saturated rings. The molecule has 0 aliphatic rings. The van der Waals surface area contributed by atoms with Crippen LogP contribution in [0.5, 0.6) is 0 Å². The van der Waals surface area contributed by atoms with Gasteiger partial charge in [-0.1, -0.05) is 60.7 Å². The molecule has 0 aliphatic carbocycles. The number of carbonyl (C=O) groups is 2. The predicted molar refractivity (Wildman–Crippen MR) is 93.7 cm³/mol. The summed E-state index contributed by atoms with van der Waals surface area (Å²) in [6.45, 7) is 1.35. The highest BCUT2D eigenvalue weighted by molar-refractivity contribution is 6.13. The zero-order chi connectivity index (χ0) is 16.9. The quantitative estimate of drug-likeness (QED) is 0.387. The summed E-state index contributed by atoms with van der Waals surface area (Å²) in [5, 5.41) is 10.2. The van der Waals surface area contributed by atoms with E-state index in [1.807, 2.05) is 48.5 Å². The van der Waals surface area contributed by atoms with E-state index >= 15 is 0 Å². The van der Waals surface area contributed by atoms with Gasteiger partial charge in [0.1, 0.15) is 0 Å². The Labute approximate surface area is 139 Å². The molecular weight excluding hydrogens is 300 g/mol. The number of rotatable bonds is 5. The van der Waals surface area contributed by atoms with E-state index in [-0.39, 0.29) is 11.6 Å². The average molecular weight is 316 g/mol. The Bertz CT molecular complexity index is 917. The number of hydrogen-bond acceptors (Lipinski definition) is 4. The zero-order valence-corrected chi connectivity index (χ0v) is 13.2. The second kappa shape index (κ2) is 6.96. The molecule has 0 amide bonds. The highest BCUT2D eigenvalue weighted by Gasteiger charge is 2.24. The van der Waals surface area contributed by atoms with Crippen molar-refractivity contribution in [1.82, 2.24) is 0 Å². The Morgan fingerprint density at radius 2 is 1.50 bits per heavy atom. The maximum atomic E-state index is 12.4. The molecule has 0 bridgehead atoms. The Morgan fingerprint density at radius 3 is 2.21 bits per heavy atom. The van der Waals surface area contributed by atoms with E-state index in [2.05, 4.69) is 10.2 Å². The largest absolute Gasteiger partial charge is 0.297 e. The van der Waals surface area contributed by atoms with Gasteiger partial charge in [0.2, 0.25) is 0 Å². The van der Waals surface area contributed by atoms with Crippen molar-refractivity contribution in [3.63, 3.8) is 0 Å². The molecule has 24 heavy (non-hydrogen) atoms. The molecule has 3 rings (SSSR count). The fourth-order valence-electron chi connectivity index (χ4n) is 2.44. The molecule has 0 aromatic heterocycles. The van der Waals surface area contributed by atoms with Crippen LogP contribution in [0.4, 0.5) is 5.69 Å². The predicted octanol–water partition coefficient (Wildman–Crippen LogP) is 4.76. The normalized spacial score (nSPS) is 12.4. The molecule has 0 spiro atoms. The second-order valence-electron chi connectivity index (χ2n) is 5.49. The summed E-state index contributed by atoms with van der Waals surface area (Å²) < 4.78 is 0. The number of carbonyl (C=O) groups excluding carboxylic acids is 2. The lowest BCUT2D eigenvalue weighted by atomic mass is 10.0. The summed E-state index contributed by atoms with van der Waals surface area (Å²) in [7, 11) is 0. The van der Waals surface area contributed by atoms with Gasteiger partial charge >= 0.3 is 0 Å². The number of azo groups is 1. The number of ketones is 2. The van der Waals surface area contributed by atoms with Gasteiger partial charge in [-0.25, -0.2) is 0 Å². The van der Waals surface area contributed by atoms with Crippen LogP contribution in [0.15, 0.2) is 83.0 Å². The monoisotopic (exact) mass is 316 g/mol. The summed E-state index contributed by atoms with van der Waals surface area (Å²) in [4.78, 5) is 24.3. The van der Waals surface area contributed by atoms with Crippen LogP contribution in [0.3, 0.4) is 0 Å². The van der Waals surface area contributed by atoms with Gasteiger partial charge in [-0.15, -0.1) is 0 Å². The van der Waals surface area contributed by atoms with E-state index in [4.69, 9.17) is 0 Å². The summed E-state index contributed by atoms with van der Waals surface area (Å²) in [6.07, 6.45) is 0. The lowest BCUT2D eigenvalue weighted by Crippen LogP contribution is -2.26. The third-order valence-electron chi connectivity index (χ3n) is 3.71. The van der Waals surface area contributed by atoms with Crippen molar-refractivity contribution in [2.45, 2.75) is 13.0 Å². The summed E-state index contributed by atoms with van der Waals surface area (Å²) in [5.41, 5.74) is 1.07. The van der Waals surface area contributed by atoms with Crippen LogP contribution < -0.4 is 0 Å². The standard InChI is InChI=1S/C20H16N2O2/c1-14(23)19(20(24)16-8-3-2-4-9-16)22-21-18-12-11-15-7-5-6-10-17(15)13-18/h2-13,19H,1H3. The van der Waals surface area contributed by atoms with E-state index in [9.17, 15) is 9.59 Å². The molecule has 0 aliphatic heterocycles. The zero-order valence-electron chi connectivity index (χ0n) is 13.2. The first-order valence-electron chi connectivity index (χ1n) is 7.64. The molecule has 1 atom stereocenters. The average Bonchev–Trinajstić information content (AvgIpc) is 2.62. The molecule has 1 unspecified atom stereocenters.